The summed E-state index contributed by atoms with van der Waals surface area (Å²) >= 11 is 1.82. The zero-order valence-electron chi connectivity index (χ0n) is 16.8. The van der Waals surface area contributed by atoms with E-state index >= 15 is 0 Å². The minimum atomic E-state index is -0.268. The highest BCUT2D eigenvalue weighted by molar-refractivity contribution is 7.18. The van der Waals surface area contributed by atoms with Crippen LogP contribution in [0.15, 0.2) is 51.7 Å². The average Bonchev–Trinajstić information content (AvgIpc) is 3.14. The number of benzene rings is 2. The summed E-state index contributed by atoms with van der Waals surface area (Å²) in [4.78, 5) is 19.5. The van der Waals surface area contributed by atoms with Gasteiger partial charge in [-0.25, -0.2) is 9.78 Å². The van der Waals surface area contributed by atoms with Crippen LogP contribution >= 0.6 is 11.3 Å². The molecule has 0 aliphatic carbocycles. The van der Waals surface area contributed by atoms with Crippen molar-refractivity contribution in [1.82, 2.24) is 9.88 Å². The number of aryl methyl sites for hydroxylation is 2. The van der Waals surface area contributed by atoms with Gasteiger partial charge >= 0.3 is 5.63 Å². The molecule has 3 heterocycles. The molecule has 2 aromatic heterocycles. The molecule has 29 heavy (non-hydrogen) atoms. The molecule has 0 radical (unpaired) electrons. The van der Waals surface area contributed by atoms with Crippen molar-refractivity contribution in [1.29, 1.82) is 0 Å². The highest BCUT2D eigenvalue weighted by atomic mass is 32.1. The molecule has 0 unspecified atom stereocenters. The quantitative estimate of drug-likeness (QED) is 0.429. The third-order valence-corrected chi connectivity index (χ3v) is 7.20. The summed E-state index contributed by atoms with van der Waals surface area (Å²) < 4.78 is 6.73. The van der Waals surface area contributed by atoms with E-state index in [2.05, 4.69) is 49.1 Å². The number of aromatic nitrogens is 1. The van der Waals surface area contributed by atoms with Gasteiger partial charge in [0.25, 0.3) is 0 Å². The lowest BCUT2D eigenvalue weighted by molar-refractivity contribution is 0.200. The van der Waals surface area contributed by atoms with Crippen LogP contribution < -0.4 is 5.63 Å². The summed E-state index contributed by atoms with van der Waals surface area (Å²) in [7, 11) is 0. The van der Waals surface area contributed by atoms with E-state index in [1.807, 2.05) is 17.4 Å². The number of likely N-dealkylation sites (tertiary alicyclic amines) is 1. The standard InChI is InChI=1S/C24H24N2O2S/c1-15-10-19-18(12-23(27)28-21(19)11-16(15)2)14-26-9-5-6-17(13-26)24-25-20-7-3-4-8-22(20)29-24/h3-4,7-8,10-12,17H,5-6,9,13-14H2,1-2H3/t17-/m0/s1. The van der Waals surface area contributed by atoms with Gasteiger partial charge in [-0.2, -0.15) is 0 Å². The Labute approximate surface area is 173 Å². The monoisotopic (exact) mass is 404 g/mol. The first kappa shape index (κ1) is 18.5. The molecule has 5 rings (SSSR count). The van der Waals surface area contributed by atoms with E-state index in [0.29, 0.717) is 11.5 Å². The van der Waals surface area contributed by atoms with Crippen LogP contribution in [0.1, 0.15) is 40.5 Å². The Bertz CT molecular complexity index is 1220. The van der Waals surface area contributed by atoms with Crippen LogP contribution in [0.5, 0.6) is 0 Å². The van der Waals surface area contributed by atoms with E-state index in [1.165, 1.54) is 21.7 Å². The van der Waals surface area contributed by atoms with Crippen molar-refractivity contribution in [2.24, 2.45) is 0 Å². The van der Waals surface area contributed by atoms with Crippen molar-refractivity contribution in [2.45, 2.75) is 39.2 Å². The number of hydrogen-bond acceptors (Lipinski definition) is 5. The van der Waals surface area contributed by atoms with Crippen molar-refractivity contribution in [3.05, 3.63) is 74.6 Å². The number of fused-ring (bicyclic) bond motifs is 2. The zero-order valence-corrected chi connectivity index (χ0v) is 17.6. The first-order chi connectivity index (χ1) is 14.1. The third kappa shape index (κ3) is 3.61. The molecule has 1 fully saturated rings. The fourth-order valence-electron chi connectivity index (χ4n) is 4.32. The van der Waals surface area contributed by atoms with Crippen molar-refractivity contribution in [3.8, 4) is 0 Å². The van der Waals surface area contributed by atoms with Gasteiger partial charge in [0, 0.05) is 30.5 Å². The first-order valence-corrected chi connectivity index (χ1v) is 11.0. The second kappa shape index (κ2) is 7.39. The lowest BCUT2D eigenvalue weighted by atomic mass is 9.97. The lowest BCUT2D eigenvalue weighted by Crippen LogP contribution is -2.34. The largest absolute Gasteiger partial charge is 0.423 e. The van der Waals surface area contributed by atoms with E-state index in [-0.39, 0.29) is 5.63 Å². The number of hydrogen-bond donors (Lipinski definition) is 0. The van der Waals surface area contributed by atoms with Crippen LogP contribution in [0.25, 0.3) is 21.2 Å². The van der Waals surface area contributed by atoms with Crippen LogP contribution in [-0.2, 0) is 6.54 Å². The van der Waals surface area contributed by atoms with Crippen molar-refractivity contribution in [2.75, 3.05) is 13.1 Å². The summed E-state index contributed by atoms with van der Waals surface area (Å²) in [6.07, 6.45) is 2.32. The molecule has 1 atom stereocenters. The fourth-order valence-corrected chi connectivity index (χ4v) is 5.41. The molecule has 5 heteroatoms. The van der Waals surface area contributed by atoms with Gasteiger partial charge in [-0.15, -0.1) is 11.3 Å². The van der Waals surface area contributed by atoms with E-state index in [4.69, 9.17) is 9.40 Å². The van der Waals surface area contributed by atoms with Gasteiger partial charge in [-0.1, -0.05) is 12.1 Å². The zero-order chi connectivity index (χ0) is 20.0. The Balaban J connectivity index is 1.43. The molecule has 4 nitrogen and oxygen atoms in total. The first-order valence-electron chi connectivity index (χ1n) is 10.2. The molecule has 0 amide bonds. The smallest absolute Gasteiger partial charge is 0.336 e. The van der Waals surface area contributed by atoms with Gasteiger partial charge in [0.15, 0.2) is 0 Å². The maximum atomic E-state index is 12.1. The molecule has 1 aliphatic heterocycles. The second-order valence-corrected chi connectivity index (χ2v) is 9.18. The SMILES string of the molecule is Cc1cc2oc(=O)cc(CN3CCC[C@H](c4nc5ccccc5s4)C3)c2cc1C. The molecule has 148 valence electrons. The number of nitrogens with zero attached hydrogens (tertiary/aromatic N) is 2. The number of piperidine rings is 1. The maximum Gasteiger partial charge on any atom is 0.336 e. The van der Waals surface area contributed by atoms with Gasteiger partial charge in [0.2, 0.25) is 0 Å². The Hall–Kier alpha value is -2.50. The molecular weight excluding hydrogens is 380 g/mol. The fraction of sp³-hybridized carbons (Fsp3) is 0.333. The Morgan fingerprint density at radius 2 is 2.00 bits per heavy atom. The predicted octanol–water partition coefficient (Wildman–Crippen LogP) is 5.40. The summed E-state index contributed by atoms with van der Waals surface area (Å²) in [5, 5.41) is 2.29. The van der Waals surface area contributed by atoms with Crippen LogP contribution in [0.2, 0.25) is 0 Å². The Kier molecular flexibility index (Phi) is 4.72. The Morgan fingerprint density at radius 3 is 2.86 bits per heavy atom. The molecule has 1 saturated heterocycles. The van der Waals surface area contributed by atoms with E-state index < -0.39 is 0 Å². The highest BCUT2D eigenvalue weighted by Crippen LogP contribution is 2.34. The minimum absolute atomic E-state index is 0.268. The normalized spacial score (nSPS) is 17.9. The van der Waals surface area contributed by atoms with Gasteiger partial charge in [0.05, 0.1) is 15.2 Å². The maximum absolute atomic E-state index is 12.1. The van der Waals surface area contributed by atoms with E-state index in [0.717, 1.165) is 48.1 Å². The average molecular weight is 405 g/mol. The molecule has 0 bridgehead atoms. The molecule has 1 aliphatic rings. The summed E-state index contributed by atoms with van der Waals surface area (Å²) in [6.45, 7) is 6.95. The van der Waals surface area contributed by atoms with Crippen LogP contribution in [0, 0.1) is 13.8 Å². The van der Waals surface area contributed by atoms with Gasteiger partial charge in [-0.3, -0.25) is 4.90 Å². The van der Waals surface area contributed by atoms with E-state index in [1.54, 1.807) is 6.07 Å². The lowest BCUT2D eigenvalue weighted by Gasteiger charge is -2.32. The highest BCUT2D eigenvalue weighted by Gasteiger charge is 2.25. The predicted molar refractivity (Wildman–Crippen MR) is 119 cm³/mol. The van der Waals surface area contributed by atoms with E-state index in [9.17, 15) is 4.79 Å². The molecule has 0 spiro atoms. The summed E-state index contributed by atoms with van der Waals surface area (Å²) in [5.74, 6) is 0.455. The molecule has 4 aromatic rings. The minimum Gasteiger partial charge on any atom is -0.423 e. The van der Waals surface area contributed by atoms with Crippen molar-refractivity contribution >= 4 is 32.5 Å². The van der Waals surface area contributed by atoms with Gasteiger partial charge in [0.1, 0.15) is 5.58 Å². The number of thiazole rings is 1. The van der Waals surface area contributed by atoms with Gasteiger partial charge < -0.3 is 4.42 Å². The van der Waals surface area contributed by atoms with Crippen LogP contribution in [-0.4, -0.2) is 23.0 Å². The summed E-state index contributed by atoms with van der Waals surface area (Å²) in [6, 6.07) is 14.2. The molecular formula is C24H24N2O2S. The topological polar surface area (TPSA) is 46.3 Å². The van der Waals surface area contributed by atoms with Crippen molar-refractivity contribution < 1.29 is 4.42 Å². The molecule has 2 aromatic carbocycles. The van der Waals surface area contributed by atoms with Crippen LogP contribution in [0.4, 0.5) is 0 Å². The number of rotatable bonds is 3. The molecule has 0 N–H and O–H groups in total. The third-order valence-electron chi connectivity index (χ3n) is 6.00. The van der Waals surface area contributed by atoms with Gasteiger partial charge in [-0.05, 0) is 74.2 Å². The van der Waals surface area contributed by atoms with Crippen LogP contribution in [0.3, 0.4) is 0 Å². The second-order valence-electron chi connectivity index (χ2n) is 8.12. The number of para-hydroxylation sites is 1. The Morgan fingerprint density at radius 1 is 1.17 bits per heavy atom. The summed E-state index contributed by atoms with van der Waals surface area (Å²) in [5.41, 5.74) is 4.95. The van der Waals surface area contributed by atoms with Crippen molar-refractivity contribution in [3.63, 3.8) is 0 Å². The molecule has 0 saturated carbocycles.